The lowest BCUT2D eigenvalue weighted by molar-refractivity contribution is -0.115. The molecule has 0 aliphatic carbocycles. The summed E-state index contributed by atoms with van der Waals surface area (Å²) in [6.07, 6.45) is 0.661. The Labute approximate surface area is 281 Å². The van der Waals surface area contributed by atoms with Crippen LogP contribution in [0.2, 0.25) is 0 Å². The molecule has 4 aromatic rings. The van der Waals surface area contributed by atoms with Gasteiger partial charge < -0.3 is 29.4 Å². The first-order chi connectivity index (χ1) is 22.7. The molecule has 0 saturated carbocycles. The smallest absolute Gasteiger partial charge is 0.348 e. The molecule has 2 aromatic heterocycles. The van der Waals surface area contributed by atoms with Gasteiger partial charge >= 0.3 is 11.9 Å². The number of carbonyl (C=O) groups excluding carboxylic acids is 4. The van der Waals surface area contributed by atoms with Crippen molar-refractivity contribution >= 4 is 51.9 Å². The highest BCUT2D eigenvalue weighted by Crippen LogP contribution is 2.35. The number of thioether (sulfide) groups is 1. The van der Waals surface area contributed by atoms with Crippen LogP contribution in [-0.4, -0.2) is 64.1 Å². The molecule has 2 amide bonds. The Bertz CT molecular complexity index is 1720. The van der Waals surface area contributed by atoms with E-state index in [4.69, 9.17) is 14.2 Å². The van der Waals surface area contributed by atoms with Crippen molar-refractivity contribution in [3.8, 4) is 5.75 Å². The zero-order valence-corrected chi connectivity index (χ0v) is 28.5. The van der Waals surface area contributed by atoms with Crippen molar-refractivity contribution in [1.82, 2.24) is 20.1 Å². The van der Waals surface area contributed by atoms with E-state index in [1.54, 1.807) is 52.0 Å². The first kappa shape index (κ1) is 35.2. The summed E-state index contributed by atoms with van der Waals surface area (Å²) in [7, 11) is 1.50. The van der Waals surface area contributed by atoms with Crippen molar-refractivity contribution in [3.05, 3.63) is 87.6 Å². The normalized spacial score (nSPS) is 11.4. The van der Waals surface area contributed by atoms with Gasteiger partial charge in [0.2, 0.25) is 5.91 Å². The number of ether oxygens (including phenoxy) is 3. The van der Waals surface area contributed by atoms with E-state index >= 15 is 0 Å². The highest BCUT2D eigenvalue weighted by molar-refractivity contribution is 8.00. The van der Waals surface area contributed by atoms with E-state index in [9.17, 15) is 19.2 Å². The zero-order chi connectivity index (χ0) is 33.9. The molecule has 0 spiro atoms. The van der Waals surface area contributed by atoms with E-state index < -0.39 is 23.1 Å². The first-order valence-electron chi connectivity index (χ1n) is 15.0. The summed E-state index contributed by atoms with van der Waals surface area (Å²) in [5.74, 6) is -1.01. The van der Waals surface area contributed by atoms with Gasteiger partial charge in [-0.15, -0.1) is 21.5 Å². The molecule has 0 bridgehead atoms. The molecule has 248 valence electrons. The quantitative estimate of drug-likeness (QED) is 0.125. The summed E-state index contributed by atoms with van der Waals surface area (Å²) in [5, 5.41) is 14.4. The molecule has 12 nitrogen and oxygen atoms in total. The van der Waals surface area contributed by atoms with E-state index in [2.05, 4.69) is 20.8 Å². The molecular weight excluding hydrogens is 643 g/mol. The minimum Gasteiger partial charge on any atom is -0.496 e. The van der Waals surface area contributed by atoms with Crippen LogP contribution in [0, 0.1) is 6.92 Å². The van der Waals surface area contributed by atoms with Crippen LogP contribution in [0.1, 0.15) is 68.1 Å². The van der Waals surface area contributed by atoms with Gasteiger partial charge in [-0.25, -0.2) is 9.59 Å². The molecule has 0 aliphatic heterocycles. The average molecular weight is 680 g/mol. The van der Waals surface area contributed by atoms with Gasteiger partial charge in [0.25, 0.3) is 5.91 Å². The lowest BCUT2D eigenvalue weighted by Gasteiger charge is -2.15. The minimum absolute atomic E-state index is 0.0911. The molecule has 2 aromatic carbocycles. The fraction of sp³-hybridized carbons (Fsp3) is 0.333. The summed E-state index contributed by atoms with van der Waals surface area (Å²) in [6.45, 7) is 7.56. The van der Waals surface area contributed by atoms with Crippen LogP contribution in [0.3, 0.4) is 0 Å². The topological polar surface area (TPSA) is 151 Å². The van der Waals surface area contributed by atoms with E-state index in [1.807, 2.05) is 34.9 Å². The maximum absolute atomic E-state index is 13.5. The summed E-state index contributed by atoms with van der Waals surface area (Å²) >= 11 is 2.15. The maximum Gasteiger partial charge on any atom is 0.348 e. The number of hydrogen-bond donors (Lipinski definition) is 2. The van der Waals surface area contributed by atoms with E-state index in [0.29, 0.717) is 40.8 Å². The number of amides is 2. The number of hydrogen-bond acceptors (Lipinski definition) is 11. The summed E-state index contributed by atoms with van der Waals surface area (Å²) < 4.78 is 17.5. The number of aryl methyl sites for hydroxylation is 1. The number of rotatable bonds is 15. The molecule has 14 heteroatoms. The number of aromatic nitrogens is 3. The van der Waals surface area contributed by atoms with Crippen molar-refractivity contribution in [3.63, 3.8) is 0 Å². The van der Waals surface area contributed by atoms with Crippen LogP contribution < -0.4 is 15.4 Å². The van der Waals surface area contributed by atoms with Crippen LogP contribution in [0.15, 0.2) is 59.8 Å². The number of esters is 2. The Hall–Kier alpha value is -4.69. The maximum atomic E-state index is 13.5. The predicted molar refractivity (Wildman–Crippen MR) is 179 cm³/mol. The van der Waals surface area contributed by atoms with Crippen molar-refractivity contribution < 1.29 is 33.4 Å². The van der Waals surface area contributed by atoms with Crippen LogP contribution in [0.25, 0.3) is 0 Å². The summed E-state index contributed by atoms with van der Waals surface area (Å²) in [4.78, 5) is 52.0. The van der Waals surface area contributed by atoms with Gasteiger partial charge in [-0.05, 0) is 57.4 Å². The third-order valence-corrected chi connectivity index (χ3v) is 9.26. The number of benzene rings is 2. The number of nitrogens with zero attached hydrogens (tertiary/aromatic N) is 3. The van der Waals surface area contributed by atoms with Crippen molar-refractivity contribution in [2.45, 2.75) is 57.6 Å². The molecule has 0 radical (unpaired) electrons. The predicted octanol–water partition coefficient (Wildman–Crippen LogP) is 5.30. The minimum atomic E-state index is -0.686. The van der Waals surface area contributed by atoms with Gasteiger partial charge in [0, 0.05) is 6.54 Å². The fourth-order valence-corrected chi connectivity index (χ4v) is 6.59. The van der Waals surface area contributed by atoms with Crippen molar-refractivity contribution in [2.24, 2.45) is 0 Å². The summed E-state index contributed by atoms with van der Waals surface area (Å²) in [6, 6.07) is 16.8. The second kappa shape index (κ2) is 16.7. The number of anilines is 1. The number of thiophene rings is 1. The van der Waals surface area contributed by atoms with Crippen LogP contribution in [0.5, 0.6) is 5.75 Å². The van der Waals surface area contributed by atoms with Gasteiger partial charge in [-0.3, -0.25) is 9.59 Å². The van der Waals surface area contributed by atoms with Gasteiger partial charge in [0.1, 0.15) is 15.6 Å². The van der Waals surface area contributed by atoms with Crippen LogP contribution >= 0.6 is 23.1 Å². The largest absolute Gasteiger partial charge is 0.496 e. The average Bonchev–Trinajstić information content (AvgIpc) is 3.61. The number of para-hydroxylation sites is 1. The van der Waals surface area contributed by atoms with Gasteiger partial charge in [-0.2, -0.15) is 0 Å². The number of carbonyl (C=O) groups is 4. The Balaban J connectivity index is 1.55. The highest BCUT2D eigenvalue weighted by atomic mass is 32.2. The summed E-state index contributed by atoms with van der Waals surface area (Å²) in [5.41, 5.74) is 1.98. The lowest BCUT2D eigenvalue weighted by Crippen LogP contribution is -2.26. The molecule has 47 heavy (non-hydrogen) atoms. The van der Waals surface area contributed by atoms with Gasteiger partial charge in [0.05, 0.1) is 43.2 Å². The third-order valence-electron chi connectivity index (χ3n) is 6.99. The monoisotopic (exact) mass is 679 g/mol. The molecule has 4 rings (SSSR count). The lowest BCUT2D eigenvalue weighted by atomic mass is 10.1. The van der Waals surface area contributed by atoms with Gasteiger partial charge in [-0.1, -0.05) is 54.2 Å². The Morgan fingerprint density at radius 1 is 0.957 bits per heavy atom. The van der Waals surface area contributed by atoms with E-state index in [-0.39, 0.29) is 41.1 Å². The second-order valence-electron chi connectivity index (χ2n) is 10.1. The van der Waals surface area contributed by atoms with Crippen molar-refractivity contribution in [2.75, 3.05) is 25.6 Å². The molecule has 2 heterocycles. The Kier molecular flexibility index (Phi) is 12.5. The van der Waals surface area contributed by atoms with Crippen LogP contribution in [-0.2, 0) is 33.8 Å². The Morgan fingerprint density at radius 2 is 1.64 bits per heavy atom. The highest BCUT2D eigenvalue weighted by Gasteiger charge is 2.29. The fourth-order valence-electron chi connectivity index (χ4n) is 4.60. The molecule has 0 fully saturated rings. The molecule has 1 unspecified atom stereocenters. The standard InChI is InChI=1S/C33H37N5O7S2/c1-6-44-31(41)26-20(3)27(32(42)45-7-2)47-30(26)35-28(39)21(4)46-33-37-36-25(38(33)18-17-22-13-9-8-10-14-22)19-34-29(40)23-15-11-12-16-24(23)43-5/h8-16,21H,6-7,17-19H2,1-5H3,(H,34,40)(H,35,39). The molecule has 1 atom stereocenters. The molecule has 0 saturated heterocycles. The molecule has 0 aliphatic rings. The van der Waals surface area contributed by atoms with Crippen LogP contribution in [0.4, 0.5) is 5.00 Å². The van der Waals surface area contributed by atoms with E-state index in [0.717, 1.165) is 16.9 Å². The van der Waals surface area contributed by atoms with Crippen molar-refractivity contribution in [1.29, 1.82) is 0 Å². The van der Waals surface area contributed by atoms with Gasteiger partial charge in [0.15, 0.2) is 11.0 Å². The molecule has 2 N–H and O–H groups in total. The zero-order valence-electron chi connectivity index (χ0n) is 26.8. The number of methoxy groups -OCH3 is 1. The second-order valence-corrected chi connectivity index (χ2v) is 12.4. The Morgan fingerprint density at radius 3 is 2.34 bits per heavy atom. The SMILES string of the molecule is CCOC(=O)c1sc(NC(=O)C(C)Sc2nnc(CNC(=O)c3ccccc3OC)n2CCc2ccccc2)c(C(=O)OCC)c1C. The molecular formula is C33H37N5O7S2. The number of nitrogens with one attached hydrogen (secondary N) is 2. The third kappa shape index (κ3) is 8.77. The van der Waals surface area contributed by atoms with E-state index in [1.165, 1.54) is 18.9 Å². The first-order valence-corrected chi connectivity index (χ1v) is 16.7.